The Hall–Kier alpha value is -2.93. The quantitative estimate of drug-likeness (QED) is 0.584. The summed E-state index contributed by atoms with van der Waals surface area (Å²) in [5.74, 6) is 0.469. The van der Waals surface area contributed by atoms with Crippen LogP contribution in [0, 0.1) is 0 Å². The number of nitrogens with one attached hydrogen (secondary N) is 2. The van der Waals surface area contributed by atoms with Crippen molar-refractivity contribution in [3.05, 3.63) is 66.0 Å². The maximum absolute atomic E-state index is 13.1. The molecule has 0 saturated carbocycles. The van der Waals surface area contributed by atoms with Gasteiger partial charge in [-0.1, -0.05) is 36.4 Å². The van der Waals surface area contributed by atoms with Crippen LogP contribution in [0.15, 0.2) is 59.7 Å². The molecule has 28 heavy (non-hydrogen) atoms. The van der Waals surface area contributed by atoms with Gasteiger partial charge in [0.2, 0.25) is 5.91 Å². The predicted molar refractivity (Wildman–Crippen MR) is 109 cm³/mol. The summed E-state index contributed by atoms with van der Waals surface area (Å²) in [6.45, 7) is 3.47. The normalized spacial score (nSPS) is 15.8. The number of aromatic nitrogens is 1. The maximum Gasteiger partial charge on any atom is 0.232 e. The van der Waals surface area contributed by atoms with Crippen LogP contribution in [-0.2, 0) is 16.1 Å². The molecule has 1 saturated heterocycles. The first-order valence-electron chi connectivity index (χ1n) is 9.54. The standard InChI is InChI=1S/C21H27N5O2/c1-22-21(24-15-18-9-5-6-10-23-18)25-16-19(17-7-3-2-4-8-17)20(27)26-11-13-28-14-12-26/h2-10,19H,11-16H2,1H3,(H2,22,24,25). The average Bonchev–Trinajstić information content (AvgIpc) is 2.78. The molecule has 148 valence electrons. The second-order valence-electron chi connectivity index (χ2n) is 6.53. The van der Waals surface area contributed by atoms with Crippen LogP contribution in [0.4, 0.5) is 0 Å². The van der Waals surface area contributed by atoms with Crippen molar-refractivity contribution in [1.29, 1.82) is 0 Å². The molecule has 0 aliphatic carbocycles. The van der Waals surface area contributed by atoms with Gasteiger partial charge in [0.05, 0.1) is 31.4 Å². The molecule has 1 aliphatic rings. The third kappa shape index (κ3) is 5.53. The lowest BCUT2D eigenvalue weighted by molar-refractivity contribution is -0.136. The molecule has 2 heterocycles. The molecule has 1 aromatic heterocycles. The van der Waals surface area contributed by atoms with Crippen LogP contribution in [-0.4, -0.2) is 61.6 Å². The Kier molecular flexibility index (Phi) is 7.37. The number of aliphatic imine (C=N–C) groups is 1. The number of ether oxygens (including phenoxy) is 1. The molecule has 7 nitrogen and oxygen atoms in total. The van der Waals surface area contributed by atoms with Gasteiger partial charge in [-0.2, -0.15) is 0 Å². The first-order valence-corrected chi connectivity index (χ1v) is 9.54. The second-order valence-corrected chi connectivity index (χ2v) is 6.53. The third-order valence-corrected chi connectivity index (χ3v) is 4.68. The first kappa shape index (κ1) is 19.8. The minimum atomic E-state index is -0.285. The van der Waals surface area contributed by atoms with Crippen molar-refractivity contribution in [2.45, 2.75) is 12.5 Å². The molecule has 1 aromatic carbocycles. The summed E-state index contributed by atoms with van der Waals surface area (Å²) in [6, 6.07) is 15.7. The Morgan fingerprint density at radius 2 is 1.89 bits per heavy atom. The second kappa shape index (κ2) is 10.4. The van der Waals surface area contributed by atoms with Gasteiger partial charge in [0.25, 0.3) is 0 Å². The molecular formula is C21H27N5O2. The number of amides is 1. The molecular weight excluding hydrogens is 354 g/mol. The molecule has 2 N–H and O–H groups in total. The van der Waals surface area contributed by atoms with E-state index in [1.807, 2.05) is 53.4 Å². The van der Waals surface area contributed by atoms with Gasteiger partial charge in [-0.3, -0.25) is 14.8 Å². The Morgan fingerprint density at radius 1 is 1.14 bits per heavy atom. The lowest BCUT2D eigenvalue weighted by Gasteiger charge is -2.31. The van der Waals surface area contributed by atoms with E-state index in [9.17, 15) is 4.79 Å². The van der Waals surface area contributed by atoms with E-state index in [0.717, 1.165) is 11.3 Å². The SMILES string of the molecule is CN=C(NCc1ccccn1)NCC(C(=O)N1CCOCC1)c1ccccc1. The van der Waals surface area contributed by atoms with Gasteiger partial charge in [0.15, 0.2) is 5.96 Å². The maximum atomic E-state index is 13.1. The molecule has 7 heteroatoms. The van der Waals surface area contributed by atoms with Gasteiger partial charge in [-0.25, -0.2) is 0 Å². The van der Waals surface area contributed by atoms with Crippen molar-refractivity contribution in [1.82, 2.24) is 20.5 Å². The minimum absolute atomic E-state index is 0.113. The van der Waals surface area contributed by atoms with Crippen LogP contribution in [0.5, 0.6) is 0 Å². The number of rotatable bonds is 6. The number of nitrogens with zero attached hydrogens (tertiary/aromatic N) is 3. The highest BCUT2D eigenvalue weighted by molar-refractivity contribution is 5.86. The Morgan fingerprint density at radius 3 is 2.57 bits per heavy atom. The zero-order valence-electron chi connectivity index (χ0n) is 16.2. The molecule has 1 atom stereocenters. The zero-order valence-corrected chi connectivity index (χ0v) is 16.2. The van der Waals surface area contributed by atoms with E-state index in [1.165, 1.54) is 0 Å². The van der Waals surface area contributed by atoms with E-state index in [0.29, 0.717) is 45.4 Å². The van der Waals surface area contributed by atoms with E-state index in [4.69, 9.17) is 4.74 Å². The van der Waals surface area contributed by atoms with Gasteiger partial charge in [0.1, 0.15) is 0 Å². The zero-order chi connectivity index (χ0) is 19.6. The number of morpholine rings is 1. The molecule has 1 aliphatic heterocycles. The molecule has 3 rings (SSSR count). The molecule has 1 fully saturated rings. The highest BCUT2D eigenvalue weighted by Crippen LogP contribution is 2.18. The predicted octanol–water partition coefficient (Wildman–Crippen LogP) is 1.39. The fraction of sp³-hybridized carbons (Fsp3) is 0.381. The van der Waals surface area contributed by atoms with Crippen molar-refractivity contribution in [3.8, 4) is 0 Å². The summed E-state index contributed by atoms with van der Waals surface area (Å²) in [4.78, 5) is 23.6. The molecule has 0 radical (unpaired) electrons. The van der Waals surface area contributed by atoms with Crippen molar-refractivity contribution in [2.24, 2.45) is 4.99 Å². The Balaban J connectivity index is 1.64. The van der Waals surface area contributed by atoms with Crippen LogP contribution < -0.4 is 10.6 Å². The number of benzene rings is 1. The highest BCUT2D eigenvalue weighted by atomic mass is 16.5. The van der Waals surface area contributed by atoms with Crippen LogP contribution in [0.2, 0.25) is 0 Å². The lowest BCUT2D eigenvalue weighted by atomic mass is 9.97. The molecule has 0 bridgehead atoms. The Bertz CT molecular complexity index is 761. The smallest absolute Gasteiger partial charge is 0.232 e. The third-order valence-electron chi connectivity index (χ3n) is 4.68. The number of guanidine groups is 1. The number of carbonyl (C=O) groups excluding carboxylic acids is 1. The first-order chi connectivity index (χ1) is 13.8. The summed E-state index contributed by atoms with van der Waals surface area (Å²) in [5, 5.41) is 6.53. The lowest BCUT2D eigenvalue weighted by Crippen LogP contribution is -2.47. The minimum Gasteiger partial charge on any atom is -0.378 e. The average molecular weight is 381 g/mol. The van der Waals surface area contributed by atoms with Gasteiger partial charge in [0, 0.05) is 32.9 Å². The number of hydrogen-bond donors (Lipinski definition) is 2. The van der Waals surface area contributed by atoms with Crippen molar-refractivity contribution in [3.63, 3.8) is 0 Å². The number of pyridine rings is 1. The van der Waals surface area contributed by atoms with E-state index in [-0.39, 0.29) is 11.8 Å². The van der Waals surface area contributed by atoms with Crippen molar-refractivity contribution < 1.29 is 9.53 Å². The Labute approximate surface area is 165 Å². The van der Waals surface area contributed by atoms with Crippen LogP contribution >= 0.6 is 0 Å². The summed E-state index contributed by atoms with van der Waals surface area (Å²) < 4.78 is 5.38. The number of carbonyl (C=O) groups is 1. The van der Waals surface area contributed by atoms with E-state index in [1.54, 1.807) is 13.2 Å². The largest absolute Gasteiger partial charge is 0.378 e. The molecule has 1 unspecified atom stereocenters. The number of hydrogen-bond acceptors (Lipinski definition) is 4. The van der Waals surface area contributed by atoms with Gasteiger partial charge < -0.3 is 20.3 Å². The fourth-order valence-electron chi connectivity index (χ4n) is 3.13. The molecule has 0 spiro atoms. The van der Waals surface area contributed by atoms with E-state index >= 15 is 0 Å². The van der Waals surface area contributed by atoms with Crippen LogP contribution in [0.25, 0.3) is 0 Å². The topological polar surface area (TPSA) is 78.8 Å². The van der Waals surface area contributed by atoms with Gasteiger partial charge in [-0.05, 0) is 17.7 Å². The van der Waals surface area contributed by atoms with Gasteiger partial charge >= 0.3 is 0 Å². The van der Waals surface area contributed by atoms with E-state index in [2.05, 4.69) is 20.6 Å². The van der Waals surface area contributed by atoms with Crippen LogP contribution in [0.3, 0.4) is 0 Å². The summed E-state index contributed by atoms with van der Waals surface area (Å²) >= 11 is 0. The molecule has 1 amide bonds. The van der Waals surface area contributed by atoms with Gasteiger partial charge in [-0.15, -0.1) is 0 Å². The summed E-state index contributed by atoms with van der Waals surface area (Å²) in [7, 11) is 1.72. The van der Waals surface area contributed by atoms with Crippen molar-refractivity contribution in [2.75, 3.05) is 39.9 Å². The fourth-order valence-corrected chi connectivity index (χ4v) is 3.13. The monoisotopic (exact) mass is 381 g/mol. The highest BCUT2D eigenvalue weighted by Gasteiger charge is 2.27. The van der Waals surface area contributed by atoms with Crippen LogP contribution in [0.1, 0.15) is 17.2 Å². The molecule has 2 aromatic rings. The van der Waals surface area contributed by atoms with E-state index < -0.39 is 0 Å². The summed E-state index contributed by atoms with van der Waals surface area (Å²) in [6.07, 6.45) is 1.76. The van der Waals surface area contributed by atoms with Crippen molar-refractivity contribution >= 4 is 11.9 Å². The summed E-state index contributed by atoms with van der Waals surface area (Å²) in [5.41, 5.74) is 1.92.